The fraction of sp³-hybridized carbons (Fsp3) is 0.667. The van der Waals surface area contributed by atoms with Gasteiger partial charge in [0.1, 0.15) is 5.15 Å². The molecule has 0 amide bonds. The Balaban J connectivity index is 1.91. The Morgan fingerprint density at radius 1 is 1.44 bits per heavy atom. The molecule has 1 aliphatic rings. The Hall–Kier alpha value is -0.600. The van der Waals surface area contributed by atoms with Gasteiger partial charge in [0.2, 0.25) is 0 Å². The van der Waals surface area contributed by atoms with Crippen LogP contribution in [0.5, 0.6) is 0 Å². The largest absolute Gasteiger partial charge is 0.298 e. The van der Waals surface area contributed by atoms with Crippen molar-refractivity contribution in [3.63, 3.8) is 0 Å². The fourth-order valence-corrected chi connectivity index (χ4v) is 3.14. The molecule has 1 aliphatic heterocycles. The summed E-state index contributed by atoms with van der Waals surface area (Å²) in [4.78, 5) is 6.69. The van der Waals surface area contributed by atoms with Crippen molar-refractivity contribution in [1.82, 2.24) is 9.88 Å². The molecule has 2 heterocycles. The molecule has 0 aromatic carbocycles. The zero-order chi connectivity index (χ0) is 13.0. The van der Waals surface area contributed by atoms with Crippen molar-refractivity contribution in [3.8, 4) is 0 Å². The lowest BCUT2D eigenvalue weighted by molar-refractivity contribution is 0.105. The molecule has 3 heteroatoms. The van der Waals surface area contributed by atoms with Crippen LogP contribution in [0.2, 0.25) is 5.15 Å². The highest BCUT2D eigenvalue weighted by atomic mass is 35.5. The molecular weight excluding hydrogens is 244 g/mol. The number of likely N-dealkylation sites (tertiary alicyclic amines) is 1. The van der Waals surface area contributed by atoms with Gasteiger partial charge in [0, 0.05) is 18.3 Å². The first-order valence-corrected chi connectivity index (χ1v) is 7.41. The standard InChI is InChI=1S/C15H23ClN2/c1-12(2)18-10-4-3-5-14(18)7-6-13-8-9-17-15(16)11-13/h8-9,11-12,14H,3-7,10H2,1-2H3/t14-/m0/s1. The number of piperidine rings is 1. The number of aryl methyl sites for hydroxylation is 1. The summed E-state index contributed by atoms with van der Waals surface area (Å²) in [5, 5.41) is 0.608. The Morgan fingerprint density at radius 3 is 3.00 bits per heavy atom. The van der Waals surface area contributed by atoms with Gasteiger partial charge in [-0.15, -0.1) is 0 Å². The van der Waals surface area contributed by atoms with E-state index in [2.05, 4.69) is 29.8 Å². The molecule has 1 fully saturated rings. The SMILES string of the molecule is CC(C)N1CCCC[C@H]1CCc1ccnc(Cl)c1. The van der Waals surface area contributed by atoms with E-state index >= 15 is 0 Å². The summed E-state index contributed by atoms with van der Waals surface area (Å²) < 4.78 is 0. The van der Waals surface area contributed by atoms with Crippen molar-refractivity contribution < 1.29 is 0 Å². The van der Waals surface area contributed by atoms with E-state index in [1.807, 2.05) is 6.07 Å². The molecule has 1 atom stereocenters. The van der Waals surface area contributed by atoms with Crippen molar-refractivity contribution in [2.45, 2.75) is 58.0 Å². The number of halogens is 1. The van der Waals surface area contributed by atoms with Gasteiger partial charge in [0.05, 0.1) is 0 Å². The van der Waals surface area contributed by atoms with Crippen LogP contribution in [0, 0.1) is 0 Å². The van der Waals surface area contributed by atoms with Crippen molar-refractivity contribution in [2.75, 3.05) is 6.54 Å². The highest BCUT2D eigenvalue weighted by Crippen LogP contribution is 2.23. The second kappa shape index (κ2) is 6.53. The predicted octanol–water partition coefficient (Wildman–Crippen LogP) is 3.93. The smallest absolute Gasteiger partial charge is 0.129 e. The van der Waals surface area contributed by atoms with E-state index < -0.39 is 0 Å². The molecule has 0 radical (unpaired) electrons. The summed E-state index contributed by atoms with van der Waals surface area (Å²) in [5.41, 5.74) is 1.31. The zero-order valence-electron chi connectivity index (χ0n) is 11.4. The molecule has 0 bridgehead atoms. The van der Waals surface area contributed by atoms with Gasteiger partial charge in [0.15, 0.2) is 0 Å². The number of aromatic nitrogens is 1. The van der Waals surface area contributed by atoms with Gasteiger partial charge in [0.25, 0.3) is 0 Å². The van der Waals surface area contributed by atoms with Crippen LogP contribution < -0.4 is 0 Å². The lowest BCUT2D eigenvalue weighted by atomic mass is 9.95. The van der Waals surface area contributed by atoms with Crippen LogP contribution in [0.1, 0.15) is 45.1 Å². The maximum absolute atomic E-state index is 5.92. The summed E-state index contributed by atoms with van der Waals surface area (Å²) in [6.45, 7) is 5.88. The second-order valence-corrected chi connectivity index (χ2v) is 5.89. The van der Waals surface area contributed by atoms with Crippen LogP contribution in [-0.2, 0) is 6.42 Å². The number of hydrogen-bond donors (Lipinski definition) is 0. The highest BCUT2D eigenvalue weighted by Gasteiger charge is 2.23. The average Bonchev–Trinajstić information content (AvgIpc) is 2.37. The van der Waals surface area contributed by atoms with Gasteiger partial charge in [-0.1, -0.05) is 18.0 Å². The van der Waals surface area contributed by atoms with Gasteiger partial charge in [-0.25, -0.2) is 4.98 Å². The molecule has 0 saturated carbocycles. The highest BCUT2D eigenvalue weighted by molar-refractivity contribution is 6.29. The Kier molecular flexibility index (Phi) is 5.02. The quantitative estimate of drug-likeness (QED) is 0.768. The maximum Gasteiger partial charge on any atom is 0.129 e. The zero-order valence-corrected chi connectivity index (χ0v) is 12.2. The third kappa shape index (κ3) is 3.69. The maximum atomic E-state index is 5.92. The van der Waals surface area contributed by atoms with Gasteiger partial charge in [-0.3, -0.25) is 4.90 Å². The van der Waals surface area contributed by atoms with Crippen LogP contribution >= 0.6 is 11.6 Å². The van der Waals surface area contributed by atoms with Crippen LogP contribution in [0.15, 0.2) is 18.3 Å². The summed E-state index contributed by atoms with van der Waals surface area (Å²) in [5.74, 6) is 0. The van der Waals surface area contributed by atoms with Gasteiger partial charge >= 0.3 is 0 Å². The second-order valence-electron chi connectivity index (χ2n) is 5.51. The Morgan fingerprint density at radius 2 is 2.28 bits per heavy atom. The molecule has 0 N–H and O–H groups in total. The molecule has 2 rings (SSSR count). The minimum atomic E-state index is 0.608. The average molecular weight is 267 g/mol. The summed E-state index contributed by atoms with van der Waals surface area (Å²) in [6.07, 6.45) is 8.23. The lowest BCUT2D eigenvalue weighted by Crippen LogP contribution is -2.44. The molecule has 1 aromatic rings. The van der Waals surface area contributed by atoms with E-state index in [-0.39, 0.29) is 0 Å². The van der Waals surface area contributed by atoms with Crippen LogP contribution in [0.3, 0.4) is 0 Å². The first-order valence-electron chi connectivity index (χ1n) is 7.03. The minimum Gasteiger partial charge on any atom is -0.298 e. The molecule has 2 nitrogen and oxygen atoms in total. The molecule has 0 unspecified atom stereocenters. The third-order valence-corrected chi connectivity index (χ3v) is 4.10. The topological polar surface area (TPSA) is 16.1 Å². The number of hydrogen-bond acceptors (Lipinski definition) is 2. The van der Waals surface area contributed by atoms with Gasteiger partial charge in [-0.05, 0) is 63.8 Å². The fourth-order valence-electron chi connectivity index (χ4n) is 2.94. The van der Waals surface area contributed by atoms with Gasteiger partial charge in [-0.2, -0.15) is 0 Å². The van der Waals surface area contributed by atoms with Crippen molar-refractivity contribution in [1.29, 1.82) is 0 Å². The first kappa shape index (κ1) is 13.8. The number of pyridine rings is 1. The molecule has 1 aromatic heterocycles. The molecular formula is C15H23ClN2. The summed E-state index contributed by atoms with van der Waals surface area (Å²) >= 11 is 5.92. The normalized spacial score (nSPS) is 21.4. The molecule has 0 aliphatic carbocycles. The van der Waals surface area contributed by atoms with Crippen LogP contribution in [-0.4, -0.2) is 28.5 Å². The van der Waals surface area contributed by atoms with E-state index in [1.165, 1.54) is 37.8 Å². The molecule has 18 heavy (non-hydrogen) atoms. The van der Waals surface area contributed by atoms with Crippen molar-refractivity contribution >= 4 is 11.6 Å². The lowest BCUT2D eigenvalue weighted by Gasteiger charge is -2.38. The van der Waals surface area contributed by atoms with Crippen LogP contribution in [0.25, 0.3) is 0 Å². The summed E-state index contributed by atoms with van der Waals surface area (Å²) in [7, 11) is 0. The van der Waals surface area contributed by atoms with Gasteiger partial charge < -0.3 is 0 Å². The Bertz CT molecular complexity index is 379. The van der Waals surface area contributed by atoms with Crippen molar-refractivity contribution in [2.24, 2.45) is 0 Å². The molecule has 100 valence electrons. The molecule has 0 spiro atoms. The minimum absolute atomic E-state index is 0.608. The van der Waals surface area contributed by atoms with E-state index in [1.54, 1.807) is 6.20 Å². The van der Waals surface area contributed by atoms with E-state index in [0.29, 0.717) is 11.2 Å². The predicted molar refractivity (Wildman–Crippen MR) is 77.0 cm³/mol. The van der Waals surface area contributed by atoms with E-state index in [0.717, 1.165) is 12.5 Å². The third-order valence-electron chi connectivity index (χ3n) is 3.89. The van der Waals surface area contributed by atoms with Crippen molar-refractivity contribution in [3.05, 3.63) is 29.0 Å². The van der Waals surface area contributed by atoms with E-state index in [9.17, 15) is 0 Å². The summed E-state index contributed by atoms with van der Waals surface area (Å²) in [6, 6.07) is 5.47. The molecule has 1 saturated heterocycles. The Labute approximate surface area is 115 Å². The number of nitrogens with zero attached hydrogens (tertiary/aromatic N) is 2. The van der Waals surface area contributed by atoms with Crippen LogP contribution in [0.4, 0.5) is 0 Å². The monoisotopic (exact) mass is 266 g/mol. The van der Waals surface area contributed by atoms with E-state index in [4.69, 9.17) is 11.6 Å². The number of rotatable bonds is 4. The first-order chi connectivity index (χ1) is 8.66.